The monoisotopic (exact) mass is 231 g/mol. The number of nitrogens with one attached hydrogen (secondary N) is 1. The van der Waals surface area contributed by atoms with Gasteiger partial charge in [-0.3, -0.25) is 0 Å². The van der Waals surface area contributed by atoms with Crippen LogP contribution < -0.4 is 5.32 Å². The van der Waals surface area contributed by atoms with E-state index in [1.54, 1.807) is 0 Å². The van der Waals surface area contributed by atoms with Gasteiger partial charge in [-0.2, -0.15) is 0 Å². The molecular weight excluding hydrogens is 220 g/mol. The number of hydrogen-bond acceptors (Lipinski definition) is 1. The van der Waals surface area contributed by atoms with Gasteiger partial charge in [-0.05, 0) is 31.5 Å². The van der Waals surface area contributed by atoms with Gasteiger partial charge in [0.2, 0.25) is 0 Å². The highest BCUT2D eigenvalue weighted by Crippen LogP contribution is 2.29. The second-order valence-electron chi connectivity index (χ2n) is 3.77. The van der Waals surface area contributed by atoms with Crippen LogP contribution in [-0.4, -0.2) is 12.6 Å². The van der Waals surface area contributed by atoms with Crippen LogP contribution in [0.5, 0.6) is 0 Å². The molecular formula is C11H12ClF2N. The van der Waals surface area contributed by atoms with Gasteiger partial charge in [-0.15, -0.1) is 0 Å². The zero-order chi connectivity index (χ0) is 10.8. The summed E-state index contributed by atoms with van der Waals surface area (Å²) in [4.78, 5) is 0. The maximum Gasteiger partial charge on any atom is 0.143 e. The molecule has 1 aromatic carbocycles. The quantitative estimate of drug-likeness (QED) is 0.824. The molecule has 82 valence electrons. The van der Waals surface area contributed by atoms with E-state index in [4.69, 9.17) is 11.6 Å². The van der Waals surface area contributed by atoms with Crippen LogP contribution in [0.15, 0.2) is 18.2 Å². The Morgan fingerprint density at radius 2 is 2.27 bits per heavy atom. The molecule has 4 heteroatoms. The van der Waals surface area contributed by atoms with E-state index in [2.05, 4.69) is 5.32 Å². The van der Waals surface area contributed by atoms with Crippen molar-refractivity contribution in [1.82, 2.24) is 5.32 Å². The summed E-state index contributed by atoms with van der Waals surface area (Å²) in [5, 5.41) is 3.32. The van der Waals surface area contributed by atoms with Gasteiger partial charge < -0.3 is 5.32 Å². The lowest BCUT2D eigenvalue weighted by atomic mass is 10.0. The molecule has 2 unspecified atom stereocenters. The third kappa shape index (κ3) is 2.29. The average molecular weight is 232 g/mol. The number of rotatable bonds is 2. The average Bonchev–Trinajstić information content (AvgIpc) is 2.69. The minimum Gasteiger partial charge on any atom is -0.311 e. The van der Waals surface area contributed by atoms with Gasteiger partial charge in [-0.25, -0.2) is 8.78 Å². The molecule has 1 aliphatic rings. The van der Waals surface area contributed by atoms with Gasteiger partial charge in [0.1, 0.15) is 12.0 Å². The highest BCUT2D eigenvalue weighted by atomic mass is 35.5. The summed E-state index contributed by atoms with van der Waals surface area (Å²) in [6.07, 6.45) is 0.411. The van der Waals surface area contributed by atoms with Crippen molar-refractivity contribution >= 4 is 11.6 Å². The lowest BCUT2D eigenvalue weighted by Gasteiger charge is -2.16. The summed E-state index contributed by atoms with van der Waals surface area (Å²) in [5.74, 6) is -0.566. The Labute approximate surface area is 92.4 Å². The predicted octanol–water partition coefficient (Wildman–Crippen LogP) is 3.24. The van der Waals surface area contributed by atoms with E-state index in [0.717, 1.165) is 25.5 Å². The topological polar surface area (TPSA) is 12.0 Å². The number of halogens is 3. The zero-order valence-electron chi connectivity index (χ0n) is 8.14. The first-order valence-corrected chi connectivity index (χ1v) is 5.38. The van der Waals surface area contributed by atoms with E-state index in [-0.39, 0.29) is 11.6 Å². The van der Waals surface area contributed by atoms with E-state index in [1.165, 1.54) is 12.1 Å². The van der Waals surface area contributed by atoms with E-state index in [0.29, 0.717) is 5.02 Å². The van der Waals surface area contributed by atoms with E-state index < -0.39 is 12.0 Å². The largest absolute Gasteiger partial charge is 0.311 e. The van der Waals surface area contributed by atoms with Crippen LogP contribution in [0.4, 0.5) is 8.78 Å². The third-order valence-corrected chi connectivity index (χ3v) is 2.95. The van der Waals surface area contributed by atoms with Crippen molar-refractivity contribution in [2.45, 2.75) is 25.1 Å². The van der Waals surface area contributed by atoms with Crippen LogP contribution in [0, 0.1) is 5.82 Å². The Balaban J connectivity index is 2.20. The number of benzene rings is 1. The second kappa shape index (κ2) is 4.45. The minimum atomic E-state index is -1.29. The normalized spacial score (nSPS) is 23.0. The molecule has 1 saturated heterocycles. The van der Waals surface area contributed by atoms with Gasteiger partial charge in [0.15, 0.2) is 0 Å². The predicted molar refractivity (Wildman–Crippen MR) is 56.3 cm³/mol. The molecule has 2 atom stereocenters. The molecule has 1 nitrogen and oxygen atoms in total. The van der Waals surface area contributed by atoms with Crippen LogP contribution in [0.3, 0.4) is 0 Å². The first-order chi connectivity index (χ1) is 7.18. The first-order valence-electron chi connectivity index (χ1n) is 5.01. The summed E-state index contributed by atoms with van der Waals surface area (Å²) in [6, 6.07) is 3.82. The van der Waals surface area contributed by atoms with Crippen LogP contribution in [-0.2, 0) is 0 Å². The summed E-state index contributed by atoms with van der Waals surface area (Å²) in [5.41, 5.74) is 0.0961. The first kappa shape index (κ1) is 10.8. The van der Waals surface area contributed by atoms with Crippen molar-refractivity contribution in [3.05, 3.63) is 34.6 Å². The number of alkyl halides is 1. The molecule has 0 aromatic heterocycles. The fourth-order valence-corrected chi connectivity index (χ4v) is 2.06. The van der Waals surface area contributed by atoms with Gasteiger partial charge in [0.25, 0.3) is 0 Å². The van der Waals surface area contributed by atoms with E-state index in [1.807, 2.05) is 0 Å². The van der Waals surface area contributed by atoms with Crippen LogP contribution in [0.1, 0.15) is 24.6 Å². The summed E-state index contributed by atoms with van der Waals surface area (Å²) in [6.45, 7) is 0.806. The van der Waals surface area contributed by atoms with Gasteiger partial charge in [0, 0.05) is 16.6 Å². The summed E-state index contributed by atoms with van der Waals surface area (Å²) >= 11 is 5.60. The van der Waals surface area contributed by atoms with Crippen molar-refractivity contribution < 1.29 is 8.78 Å². The van der Waals surface area contributed by atoms with Gasteiger partial charge >= 0.3 is 0 Å². The van der Waals surface area contributed by atoms with Crippen molar-refractivity contribution in [2.75, 3.05) is 6.54 Å². The number of hydrogen-bond donors (Lipinski definition) is 1. The third-order valence-electron chi connectivity index (χ3n) is 2.71. The molecule has 1 fully saturated rings. The van der Waals surface area contributed by atoms with Crippen molar-refractivity contribution in [3.63, 3.8) is 0 Å². The Kier molecular flexibility index (Phi) is 3.22. The molecule has 0 radical (unpaired) electrons. The SMILES string of the molecule is Fc1cc(Cl)ccc1C(F)C1CCCN1. The molecule has 0 saturated carbocycles. The van der Waals surface area contributed by atoms with Crippen molar-refractivity contribution in [1.29, 1.82) is 0 Å². The maximum atomic E-state index is 13.9. The lowest BCUT2D eigenvalue weighted by molar-refractivity contribution is 0.264. The van der Waals surface area contributed by atoms with Crippen LogP contribution in [0.25, 0.3) is 0 Å². The van der Waals surface area contributed by atoms with Crippen molar-refractivity contribution in [3.8, 4) is 0 Å². The zero-order valence-corrected chi connectivity index (χ0v) is 8.90. The smallest absolute Gasteiger partial charge is 0.143 e. The molecule has 2 rings (SSSR count). The highest BCUT2D eigenvalue weighted by molar-refractivity contribution is 6.30. The standard InChI is InChI=1S/C11H12ClF2N/c12-7-3-4-8(9(13)6-7)11(14)10-2-1-5-15-10/h3-4,6,10-11,15H,1-2,5H2. The van der Waals surface area contributed by atoms with Gasteiger partial charge in [0.05, 0.1) is 0 Å². The fraction of sp³-hybridized carbons (Fsp3) is 0.455. The highest BCUT2D eigenvalue weighted by Gasteiger charge is 2.27. The lowest BCUT2D eigenvalue weighted by Crippen LogP contribution is -2.27. The van der Waals surface area contributed by atoms with Crippen molar-refractivity contribution in [2.24, 2.45) is 0 Å². The maximum absolute atomic E-state index is 13.9. The molecule has 1 heterocycles. The Morgan fingerprint density at radius 3 is 2.87 bits per heavy atom. The molecule has 1 aliphatic heterocycles. The molecule has 1 aromatic rings. The molecule has 0 aliphatic carbocycles. The van der Waals surface area contributed by atoms with E-state index in [9.17, 15) is 8.78 Å². The molecule has 0 amide bonds. The molecule has 15 heavy (non-hydrogen) atoms. The molecule has 0 bridgehead atoms. The Morgan fingerprint density at radius 1 is 1.47 bits per heavy atom. The Hall–Kier alpha value is -0.670. The summed E-state index contributed by atoms with van der Waals surface area (Å²) < 4.78 is 27.3. The van der Waals surface area contributed by atoms with Crippen LogP contribution in [0.2, 0.25) is 5.02 Å². The van der Waals surface area contributed by atoms with Gasteiger partial charge in [-0.1, -0.05) is 17.7 Å². The Bertz CT molecular complexity index is 350. The molecule has 0 spiro atoms. The summed E-state index contributed by atoms with van der Waals surface area (Å²) in [7, 11) is 0. The second-order valence-corrected chi connectivity index (χ2v) is 4.21. The fourth-order valence-electron chi connectivity index (χ4n) is 1.90. The van der Waals surface area contributed by atoms with E-state index >= 15 is 0 Å². The molecule has 1 N–H and O–H groups in total. The van der Waals surface area contributed by atoms with Crippen LogP contribution >= 0.6 is 11.6 Å². The minimum absolute atomic E-state index is 0.0961.